The van der Waals surface area contributed by atoms with Gasteiger partial charge in [-0.25, -0.2) is 0 Å². The number of benzene rings is 2. The molecule has 0 spiro atoms. The second-order valence-electron chi connectivity index (χ2n) is 4.23. The highest BCUT2D eigenvalue weighted by atomic mass is 35.5. The number of hydrogen-bond donors (Lipinski definition) is 0. The minimum atomic E-state index is -0.583. The lowest BCUT2D eigenvalue weighted by Gasteiger charge is -2.06. The lowest BCUT2D eigenvalue weighted by Crippen LogP contribution is -2.03. The Bertz CT molecular complexity index is 981. The molecule has 106 valence electrons. The first-order valence-corrected chi connectivity index (χ1v) is 6.72. The van der Waals surface area contributed by atoms with Crippen molar-refractivity contribution in [3.8, 4) is 0 Å². The Labute approximate surface area is 131 Å². The van der Waals surface area contributed by atoms with E-state index in [0.717, 1.165) is 6.07 Å². The van der Waals surface area contributed by atoms with Gasteiger partial charge in [-0.1, -0.05) is 34.8 Å². The Morgan fingerprint density at radius 2 is 1.81 bits per heavy atom. The van der Waals surface area contributed by atoms with Crippen molar-refractivity contribution in [2.24, 2.45) is 0 Å². The molecule has 0 aliphatic heterocycles. The van der Waals surface area contributed by atoms with Gasteiger partial charge < -0.3 is 4.42 Å². The van der Waals surface area contributed by atoms with E-state index in [4.69, 9.17) is 39.2 Å². The lowest BCUT2D eigenvalue weighted by atomic mass is 10.1. The number of halogens is 3. The molecule has 0 aliphatic carbocycles. The molecule has 1 heterocycles. The maximum absolute atomic E-state index is 12.5. The maximum Gasteiger partial charge on any atom is 0.273 e. The van der Waals surface area contributed by atoms with E-state index in [1.807, 2.05) is 0 Å². The van der Waals surface area contributed by atoms with E-state index in [2.05, 4.69) is 0 Å². The van der Waals surface area contributed by atoms with E-state index in [-0.39, 0.29) is 42.7 Å². The Morgan fingerprint density at radius 3 is 2.48 bits per heavy atom. The zero-order valence-electron chi connectivity index (χ0n) is 10.0. The first-order chi connectivity index (χ1) is 9.90. The van der Waals surface area contributed by atoms with Gasteiger partial charge in [0.2, 0.25) is 5.43 Å². The first-order valence-electron chi connectivity index (χ1n) is 5.58. The van der Waals surface area contributed by atoms with Crippen LogP contribution in [0.1, 0.15) is 0 Å². The normalized spacial score (nSPS) is 11.2. The van der Waals surface area contributed by atoms with E-state index >= 15 is 0 Å². The molecule has 3 aromatic rings. The molecule has 3 rings (SSSR count). The quantitative estimate of drug-likeness (QED) is 0.275. The minimum absolute atomic E-state index is 0.0325. The molecule has 8 heteroatoms. The summed E-state index contributed by atoms with van der Waals surface area (Å²) in [4.78, 5) is 22.7. The largest absolute Gasteiger partial charge is 0.454 e. The van der Waals surface area contributed by atoms with E-state index in [0.29, 0.717) is 0 Å². The van der Waals surface area contributed by atoms with E-state index in [1.165, 1.54) is 18.2 Å². The van der Waals surface area contributed by atoms with Crippen molar-refractivity contribution in [3.05, 3.63) is 59.7 Å². The summed E-state index contributed by atoms with van der Waals surface area (Å²) in [5.74, 6) is 0. The van der Waals surface area contributed by atoms with Crippen molar-refractivity contribution >= 4 is 62.4 Å². The summed E-state index contributed by atoms with van der Waals surface area (Å²) < 4.78 is 5.50. The van der Waals surface area contributed by atoms with Gasteiger partial charge >= 0.3 is 0 Å². The average Bonchev–Trinajstić information content (AvgIpc) is 2.44. The van der Waals surface area contributed by atoms with Crippen LogP contribution in [0.25, 0.3) is 21.9 Å². The molecular weight excluding hydrogens is 341 g/mol. The summed E-state index contributed by atoms with van der Waals surface area (Å²) in [7, 11) is 0. The van der Waals surface area contributed by atoms with Crippen LogP contribution in [0.5, 0.6) is 0 Å². The van der Waals surface area contributed by atoms with Crippen LogP contribution in [0.3, 0.4) is 0 Å². The Hall–Kier alpha value is -1.82. The summed E-state index contributed by atoms with van der Waals surface area (Å²) in [5.41, 5.74) is -0.539. The van der Waals surface area contributed by atoms with Crippen LogP contribution in [0, 0.1) is 10.1 Å². The monoisotopic (exact) mass is 343 g/mol. The highest BCUT2D eigenvalue weighted by Gasteiger charge is 2.18. The van der Waals surface area contributed by atoms with Gasteiger partial charge in [0.15, 0.2) is 5.58 Å². The summed E-state index contributed by atoms with van der Waals surface area (Å²) in [6.07, 6.45) is 0. The third-order valence-corrected chi connectivity index (χ3v) is 4.05. The topological polar surface area (TPSA) is 73.3 Å². The molecule has 0 fully saturated rings. The van der Waals surface area contributed by atoms with Crippen LogP contribution in [-0.4, -0.2) is 4.92 Å². The lowest BCUT2D eigenvalue weighted by molar-refractivity contribution is -0.384. The number of rotatable bonds is 1. The Morgan fingerprint density at radius 1 is 1.10 bits per heavy atom. The highest BCUT2D eigenvalue weighted by molar-refractivity contribution is 6.47. The van der Waals surface area contributed by atoms with Crippen molar-refractivity contribution in [2.75, 3.05) is 0 Å². The highest BCUT2D eigenvalue weighted by Crippen LogP contribution is 2.36. The first kappa shape index (κ1) is 14.1. The predicted molar refractivity (Wildman–Crippen MR) is 81.7 cm³/mol. The van der Waals surface area contributed by atoms with Crippen molar-refractivity contribution < 1.29 is 9.34 Å². The van der Waals surface area contributed by atoms with Crippen LogP contribution < -0.4 is 5.43 Å². The van der Waals surface area contributed by atoms with E-state index < -0.39 is 10.4 Å². The maximum atomic E-state index is 12.5. The second kappa shape index (κ2) is 4.87. The third-order valence-electron chi connectivity index (χ3n) is 2.99. The van der Waals surface area contributed by atoms with Gasteiger partial charge in [-0.05, 0) is 12.1 Å². The van der Waals surface area contributed by atoms with E-state index in [1.54, 1.807) is 0 Å². The van der Waals surface area contributed by atoms with Crippen LogP contribution in [0.2, 0.25) is 15.1 Å². The minimum Gasteiger partial charge on any atom is -0.454 e. The zero-order valence-corrected chi connectivity index (χ0v) is 12.3. The molecule has 0 saturated heterocycles. The molecular formula is C13H4Cl3NO4. The van der Waals surface area contributed by atoms with Gasteiger partial charge in [-0.3, -0.25) is 14.9 Å². The van der Waals surface area contributed by atoms with Crippen LogP contribution in [0.4, 0.5) is 5.69 Å². The molecule has 0 amide bonds. The molecule has 0 atom stereocenters. The molecule has 0 N–H and O–H groups in total. The summed E-state index contributed by atoms with van der Waals surface area (Å²) in [5, 5.41) is 11.3. The number of hydrogen-bond acceptors (Lipinski definition) is 4. The predicted octanol–water partition coefficient (Wildman–Crippen LogP) is 4.81. The molecule has 0 unspecified atom stereocenters. The molecule has 2 aromatic carbocycles. The molecule has 5 nitrogen and oxygen atoms in total. The van der Waals surface area contributed by atoms with Crippen molar-refractivity contribution in [2.45, 2.75) is 0 Å². The van der Waals surface area contributed by atoms with Crippen molar-refractivity contribution in [3.63, 3.8) is 0 Å². The van der Waals surface area contributed by atoms with Gasteiger partial charge in [-0.2, -0.15) is 0 Å². The van der Waals surface area contributed by atoms with Crippen molar-refractivity contribution in [1.29, 1.82) is 0 Å². The van der Waals surface area contributed by atoms with Crippen molar-refractivity contribution in [1.82, 2.24) is 0 Å². The second-order valence-corrected chi connectivity index (χ2v) is 5.42. The number of nitro benzene ring substituents is 1. The van der Waals surface area contributed by atoms with Crippen LogP contribution in [0.15, 0.2) is 33.5 Å². The fraction of sp³-hybridized carbons (Fsp3) is 0. The average molecular weight is 345 g/mol. The van der Waals surface area contributed by atoms with Gasteiger partial charge in [0.25, 0.3) is 5.69 Å². The molecule has 0 aliphatic rings. The van der Waals surface area contributed by atoms with Gasteiger partial charge in [0, 0.05) is 6.07 Å². The fourth-order valence-electron chi connectivity index (χ4n) is 2.02. The molecule has 0 saturated carbocycles. The molecule has 21 heavy (non-hydrogen) atoms. The molecule has 1 aromatic heterocycles. The van der Waals surface area contributed by atoms with Gasteiger partial charge in [0.05, 0.1) is 36.8 Å². The number of non-ortho nitro benzene ring substituents is 1. The van der Waals surface area contributed by atoms with E-state index in [9.17, 15) is 14.9 Å². The third kappa shape index (κ3) is 2.14. The Kier molecular flexibility index (Phi) is 3.28. The van der Waals surface area contributed by atoms with Gasteiger partial charge in [0.1, 0.15) is 5.58 Å². The summed E-state index contributed by atoms with van der Waals surface area (Å²) in [6, 6.07) is 5.03. The smallest absolute Gasteiger partial charge is 0.273 e. The number of nitro groups is 1. The number of nitrogens with zero attached hydrogens (tertiary/aromatic N) is 1. The SMILES string of the molecule is O=c1c2ccc([N+](=O)[O-])cc2oc2c(Cl)cc(Cl)c(Cl)c12. The standard InChI is InChI=1S/C13H4Cl3NO4/c14-7-4-8(15)13-10(11(7)16)12(18)6-2-1-5(17(19)20)3-9(6)21-13/h1-4H. The zero-order chi connectivity index (χ0) is 15.3. The number of fused-ring (bicyclic) bond motifs is 2. The summed E-state index contributed by atoms with van der Waals surface area (Å²) in [6.45, 7) is 0. The Balaban J connectivity index is 2.55. The van der Waals surface area contributed by atoms with Crippen LogP contribution in [-0.2, 0) is 0 Å². The molecule has 0 radical (unpaired) electrons. The van der Waals surface area contributed by atoms with Gasteiger partial charge in [-0.15, -0.1) is 0 Å². The molecule has 0 bridgehead atoms. The van der Waals surface area contributed by atoms with Crippen LogP contribution >= 0.6 is 34.8 Å². The summed E-state index contributed by atoms with van der Waals surface area (Å²) >= 11 is 17.9. The fourth-order valence-corrected chi connectivity index (χ4v) is 2.75.